The molecule has 3 atom stereocenters. The molecule has 13 nitrogen and oxygen atoms in total. The molecule has 2 aliphatic heterocycles. The summed E-state index contributed by atoms with van der Waals surface area (Å²) in [7, 11) is 1.45. The number of carbonyl (C=O) groups excluding carboxylic acids is 1. The van der Waals surface area contributed by atoms with Crippen LogP contribution in [0.2, 0.25) is 0 Å². The van der Waals surface area contributed by atoms with Crippen LogP contribution in [0.5, 0.6) is 23.3 Å². The predicted octanol–water partition coefficient (Wildman–Crippen LogP) is 1.81. The number of aromatic nitrogens is 4. The molecule has 2 aromatic carbocycles. The van der Waals surface area contributed by atoms with Crippen molar-refractivity contribution in [2.24, 2.45) is 5.92 Å². The molecule has 5 rings (SSSR count). The van der Waals surface area contributed by atoms with Crippen molar-refractivity contribution in [2.75, 3.05) is 33.5 Å². The Morgan fingerprint density at radius 2 is 1.90 bits per heavy atom. The van der Waals surface area contributed by atoms with Gasteiger partial charge < -0.3 is 29.4 Å². The average molecular weight is 539 g/mol. The minimum atomic E-state index is -0.939. The number of carbonyl (C=O) groups is 2. The van der Waals surface area contributed by atoms with Crippen LogP contribution in [0.3, 0.4) is 0 Å². The minimum absolute atomic E-state index is 0.0206. The van der Waals surface area contributed by atoms with Crippen molar-refractivity contribution in [1.82, 2.24) is 30.4 Å². The van der Waals surface area contributed by atoms with E-state index < -0.39 is 17.9 Å². The molecule has 3 aromatic rings. The molecule has 206 valence electrons. The SMILES string of the molecule is CCCNC(=O)CN1CC(c2ccc3c(c2)OCO3)C(C(=O)O)C1c1ccc(OCn2nnc(OC)n2)cc1. The standard InChI is InChI=1S/C26H30N6O7/c1-3-10-27-22(33)13-31-12-19(17-6-9-20-21(11-17)39-15-38-20)23(25(34)35)24(31)16-4-7-18(8-5-16)37-14-32-29-26(36-2)28-30-32/h4-9,11,19,23-24H,3,10,12-15H2,1-2H3,(H,27,33)(H,34,35). The Hall–Kier alpha value is -4.39. The molecule has 1 amide bonds. The van der Waals surface area contributed by atoms with Crippen LogP contribution >= 0.6 is 0 Å². The maximum Gasteiger partial charge on any atom is 0.355 e. The van der Waals surface area contributed by atoms with Crippen molar-refractivity contribution in [3.63, 3.8) is 0 Å². The monoisotopic (exact) mass is 538 g/mol. The van der Waals surface area contributed by atoms with Gasteiger partial charge in [0.05, 0.1) is 19.6 Å². The van der Waals surface area contributed by atoms with Crippen molar-refractivity contribution >= 4 is 11.9 Å². The lowest BCUT2D eigenvalue weighted by Crippen LogP contribution is -2.38. The van der Waals surface area contributed by atoms with Gasteiger partial charge in [-0.25, -0.2) is 0 Å². The lowest BCUT2D eigenvalue weighted by Gasteiger charge is -2.27. The van der Waals surface area contributed by atoms with Crippen molar-refractivity contribution in [3.05, 3.63) is 53.6 Å². The molecule has 2 aliphatic rings. The van der Waals surface area contributed by atoms with Gasteiger partial charge in [0.15, 0.2) is 11.5 Å². The van der Waals surface area contributed by atoms with Crippen LogP contribution in [-0.4, -0.2) is 75.6 Å². The first-order valence-electron chi connectivity index (χ1n) is 12.6. The van der Waals surface area contributed by atoms with E-state index in [1.807, 2.05) is 36.1 Å². The van der Waals surface area contributed by atoms with Crippen molar-refractivity contribution in [1.29, 1.82) is 0 Å². The summed E-state index contributed by atoms with van der Waals surface area (Å²) in [6.45, 7) is 3.16. The number of benzene rings is 2. The highest BCUT2D eigenvalue weighted by Gasteiger charge is 2.48. The second-order valence-electron chi connectivity index (χ2n) is 9.30. The number of carboxylic acid groups (broad SMARTS) is 1. The molecular formula is C26H30N6O7. The number of carboxylic acids is 1. The number of fused-ring (bicyclic) bond motifs is 1. The molecule has 1 aromatic heterocycles. The molecule has 0 bridgehead atoms. The number of ether oxygens (including phenoxy) is 4. The van der Waals surface area contributed by atoms with Crippen molar-refractivity contribution < 1.29 is 33.6 Å². The molecular weight excluding hydrogens is 508 g/mol. The molecule has 1 saturated heterocycles. The van der Waals surface area contributed by atoms with E-state index in [9.17, 15) is 14.7 Å². The zero-order valence-corrected chi connectivity index (χ0v) is 21.6. The Morgan fingerprint density at radius 3 is 2.62 bits per heavy atom. The molecule has 39 heavy (non-hydrogen) atoms. The summed E-state index contributed by atoms with van der Waals surface area (Å²) in [6.07, 6.45) is 0.811. The zero-order chi connectivity index (χ0) is 27.4. The Morgan fingerprint density at radius 1 is 1.13 bits per heavy atom. The van der Waals surface area contributed by atoms with Crippen molar-refractivity contribution in [3.8, 4) is 23.3 Å². The lowest BCUT2D eigenvalue weighted by atomic mass is 9.82. The van der Waals surface area contributed by atoms with Crippen LogP contribution < -0.4 is 24.3 Å². The van der Waals surface area contributed by atoms with Crippen LogP contribution in [0.4, 0.5) is 0 Å². The normalized spacial score (nSPS) is 20.1. The van der Waals surface area contributed by atoms with E-state index in [0.717, 1.165) is 17.5 Å². The fraction of sp³-hybridized carbons (Fsp3) is 0.423. The predicted molar refractivity (Wildman–Crippen MR) is 135 cm³/mol. The number of rotatable bonds is 11. The van der Waals surface area contributed by atoms with Gasteiger partial charge in [0.25, 0.3) is 0 Å². The Bertz CT molecular complexity index is 1310. The van der Waals surface area contributed by atoms with Crippen LogP contribution in [0.1, 0.15) is 36.4 Å². The Kier molecular flexibility index (Phi) is 7.77. The van der Waals surface area contributed by atoms with E-state index in [1.54, 1.807) is 18.2 Å². The number of aliphatic carboxylic acids is 1. The van der Waals surface area contributed by atoms with Gasteiger partial charge in [-0.2, -0.15) is 0 Å². The Balaban J connectivity index is 1.40. The van der Waals surface area contributed by atoms with Crippen LogP contribution in [0.15, 0.2) is 42.5 Å². The maximum absolute atomic E-state index is 12.7. The number of hydrogen-bond acceptors (Lipinski definition) is 10. The summed E-state index contributed by atoms with van der Waals surface area (Å²) >= 11 is 0. The number of nitrogens with zero attached hydrogens (tertiary/aromatic N) is 5. The molecule has 1 fully saturated rings. The maximum atomic E-state index is 12.7. The molecule has 0 saturated carbocycles. The summed E-state index contributed by atoms with van der Waals surface area (Å²) < 4.78 is 21.6. The number of nitrogens with one attached hydrogen (secondary N) is 1. The van der Waals surface area contributed by atoms with Crippen LogP contribution in [-0.2, 0) is 16.3 Å². The first-order valence-corrected chi connectivity index (χ1v) is 12.6. The van der Waals surface area contributed by atoms with E-state index in [0.29, 0.717) is 30.3 Å². The van der Waals surface area contributed by atoms with Gasteiger partial charge in [0.1, 0.15) is 5.75 Å². The molecule has 2 N–H and O–H groups in total. The summed E-state index contributed by atoms with van der Waals surface area (Å²) in [6, 6.07) is 12.3. The third kappa shape index (κ3) is 5.72. The van der Waals surface area contributed by atoms with E-state index in [-0.39, 0.29) is 37.9 Å². The highest BCUT2D eigenvalue weighted by molar-refractivity contribution is 5.79. The molecule has 13 heteroatoms. The second kappa shape index (κ2) is 11.6. The van der Waals surface area contributed by atoms with E-state index in [1.165, 1.54) is 11.9 Å². The fourth-order valence-corrected chi connectivity index (χ4v) is 5.03. The van der Waals surface area contributed by atoms with E-state index >= 15 is 0 Å². The number of tetrazole rings is 1. The van der Waals surface area contributed by atoms with E-state index in [4.69, 9.17) is 18.9 Å². The first kappa shape index (κ1) is 26.2. The van der Waals surface area contributed by atoms with Gasteiger partial charge in [0.2, 0.25) is 19.4 Å². The molecule has 0 radical (unpaired) electrons. The summed E-state index contributed by atoms with van der Waals surface area (Å²) in [5.41, 5.74) is 1.59. The number of likely N-dealkylation sites (tertiary alicyclic amines) is 1. The third-order valence-corrected chi connectivity index (χ3v) is 6.81. The van der Waals surface area contributed by atoms with Gasteiger partial charge in [-0.1, -0.05) is 35.3 Å². The number of amides is 1. The average Bonchev–Trinajstić information content (AvgIpc) is 3.69. The third-order valence-electron chi connectivity index (χ3n) is 6.81. The second-order valence-corrected chi connectivity index (χ2v) is 9.30. The molecule has 3 unspecified atom stereocenters. The van der Waals surface area contributed by atoms with E-state index in [2.05, 4.69) is 20.7 Å². The van der Waals surface area contributed by atoms with Gasteiger partial charge in [-0.15, -0.1) is 4.80 Å². The molecule has 0 spiro atoms. The number of methoxy groups -OCH3 is 1. The largest absolute Gasteiger partial charge is 0.481 e. The lowest BCUT2D eigenvalue weighted by molar-refractivity contribution is -0.143. The van der Waals surface area contributed by atoms with Gasteiger partial charge in [0, 0.05) is 25.0 Å². The van der Waals surface area contributed by atoms with Gasteiger partial charge in [-0.05, 0) is 47.0 Å². The number of hydrogen-bond donors (Lipinski definition) is 2. The summed E-state index contributed by atoms with van der Waals surface area (Å²) in [5.74, 6) is -0.495. The quantitative estimate of drug-likeness (QED) is 0.368. The smallest absolute Gasteiger partial charge is 0.355 e. The molecule has 3 heterocycles. The topological polar surface area (TPSA) is 150 Å². The zero-order valence-electron chi connectivity index (χ0n) is 21.6. The highest BCUT2D eigenvalue weighted by Crippen LogP contribution is 2.47. The summed E-state index contributed by atoms with van der Waals surface area (Å²) in [5, 5.41) is 24.8. The molecule has 0 aliphatic carbocycles. The summed E-state index contributed by atoms with van der Waals surface area (Å²) in [4.78, 5) is 28.6. The van der Waals surface area contributed by atoms with Gasteiger partial charge in [-0.3, -0.25) is 14.5 Å². The first-order chi connectivity index (χ1) is 19.0. The minimum Gasteiger partial charge on any atom is -0.481 e. The highest BCUT2D eigenvalue weighted by atomic mass is 16.7. The van der Waals surface area contributed by atoms with Crippen LogP contribution in [0, 0.1) is 5.92 Å². The van der Waals surface area contributed by atoms with Crippen molar-refractivity contribution in [2.45, 2.75) is 32.0 Å². The van der Waals surface area contributed by atoms with Gasteiger partial charge >= 0.3 is 12.0 Å². The van der Waals surface area contributed by atoms with Crippen LogP contribution in [0.25, 0.3) is 0 Å². The Labute approximate surface area is 224 Å². The fourth-order valence-electron chi connectivity index (χ4n) is 5.03.